The standard InChI is InChI=1S/C19H26N2O4/c1-4-14(22)12-20-8-10-21(11-9-20)19(23)17-13(2)15-6-5-7-16(24-3)18(15)25-17/h5-7,14,22H,4,8-12H2,1-3H3/t14-/m1/s1. The lowest BCUT2D eigenvalue weighted by molar-refractivity contribution is 0.0501. The van der Waals surface area contributed by atoms with Crippen LogP contribution in [-0.2, 0) is 0 Å². The van der Waals surface area contributed by atoms with Crippen molar-refractivity contribution in [1.29, 1.82) is 0 Å². The normalized spacial score (nSPS) is 17.0. The molecule has 136 valence electrons. The Labute approximate surface area is 148 Å². The Bertz CT molecular complexity index is 747. The first-order valence-corrected chi connectivity index (χ1v) is 8.81. The van der Waals surface area contributed by atoms with E-state index in [-0.39, 0.29) is 12.0 Å². The number of nitrogens with zero attached hydrogens (tertiary/aromatic N) is 2. The largest absolute Gasteiger partial charge is 0.493 e. The number of hydrogen-bond acceptors (Lipinski definition) is 5. The zero-order chi connectivity index (χ0) is 18.0. The number of methoxy groups -OCH3 is 1. The number of piperazine rings is 1. The molecule has 25 heavy (non-hydrogen) atoms. The van der Waals surface area contributed by atoms with Gasteiger partial charge in [0.15, 0.2) is 17.1 Å². The van der Waals surface area contributed by atoms with Gasteiger partial charge in [-0.3, -0.25) is 9.69 Å². The van der Waals surface area contributed by atoms with E-state index in [2.05, 4.69) is 4.90 Å². The van der Waals surface area contributed by atoms with Gasteiger partial charge in [-0.05, 0) is 19.4 Å². The van der Waals surface area contributed by atoms with Crippen LogP contribution in [0.4, 0.5) is 0 Å². The summed E-state index contributed by atoms with van der Waals surface area (Å²) >= 11 is 0. The number of ether oxygens (including phenoxy) is 1. The zero-order valence-corrected chi connectivity index (χ0v) is 15.1. The Morgan fingerprint density at radius 1 is 1.32 bits per heavy atom. The predicted molar refractivity (Wildman–Crippen MR) is 96.1 cm³/mol. The van der Waals surface area contributed by atoms with Crippen LogP contribution in [0.1, 0.15) is 29.5 Å². The van der Waals surface area contributed by atoms with Crippen molar-refractivity contribution < 1.29 is 19.1 Å². The molecule has 2 heterocycles. The summed E-state index contributed by atoms with van der Waals surface area (Å²) in [4.78, 5) is 16.9. The summed E-state index contributed by atoms with van der Waals surface area (Å²) in [6.45, 7) is 7.37. The number of fused-ring (bicyclic) bond motifs is 1. The third-order valence-corrected chi connectivity index (χ3v) is 4.94. The highest BCUT2D eigenvalue weighted by Gasteiger charge is 2.27. The van der Waals surface area contributed by atoms with Crippen LogP contribution in [0.2, 0.25) is 0 Å². The van der Waals surface area contributed by atoms with Crippen molar-refractivity contribution in [3.05, 3.63) is 29.5 Å². The summed E-state index contributed by atoms with van der Waals surface area (Å²) in [5.41, 5.74) is 1.47. The number of aryl methyl sites for hydroxylation is 1. The van der Waals surface area contributed by atoms with Gasteiger partial charge in [-0.2, -0.15) is 0 Å². The molecule has 1 aliphatic heterocycles. The molecular formula is C19H26N2O4. The molecule has 0 saturated carbocycles. The van der Waals surface area contributed by atoms with E-state index in [0.717, 1.165) is 30.5 Å². The molecule has 1 N–H and O–H groups in total. The van der Waals surface area contributed by atoms with Gasteiger partial charge in [0, 0.05) is 43.7 Å². The first kappa shape index (κ1) is 17.8. The van der Waals surface area contributed by atoms with Crippen LogP contribution in [0.5, 0.6) is 5.75 Å². The highest BCUT2D eigenvalue weighted by atomic mass is 16.5. The van der Waals surface area contributed by atoms with E-state index in [1.807, 2.05) is 36.9 Å². The van der Waals surface area contributed by atoms with Crippen LogP contribution in [-0.4, -0.2) is 66.8 Å². The first-order valence-electron chi connectivity index (χ1n) is 8.81. The molecule has 6 heteroatoms. The van der Waals surface area contributed by atoms with Gasteiger partial charge in [0.25, 0.3) is 5.91 Å². The van der Waals surface area contributed by atoms with Gasteiger partial charge in [0.05, 0.1) is 13.2 Å². The Morgan fingerprint density at radius 3 is 2.68 bits per heavy atom. The number of aliphatic hydroxyl groups excluding tert-OH is 1. The van der Waals surface area contributed by atoms with Gasteiger partial charge in [0.1, 0.15) is 0 Å². The van der Waals surface area contributed by atoms with Crippen molar-refractivity contribution in [3.8, 4) is 5.75 Å². The monoisotopic (exact) mass is 346 g/mol. The molecule has 0 radical (unpaired) electrons. The molecule has 2 aromatic rings. The summed E-state index contributed by atoms with van der Waals surface area (Å²) in [7, 11) is 1.60. The van der Waals surface area contributed by atoms with Crippen molar-refractivity contribution in [2.45, 2.75) is 26.4 Å². The Balaban J connectivity index is 1.74. The van der Waals surface area contributed by atoms with E-state index < -0.39 is 0 Å². The number of rotatable bonds is 5. The number of furan rings is 1. The topological polar surface area (TPSA) is 66.2 Å². The van der Waals surface area contributed by atoms with Gasteiger partial charge in [-0.1, -0.05) is 19.1 Å². The van der Waals surface area contributed by atoms with E-state index >= 15 is 0 Å². The van der Waals surface area contributed by atoms with Crippen LogP contribution >= 0.6 is 0 Å². The molecule has 1 saturated heterocycles. The van der Waals surface area contributed by atoms with Gasteiger partial charge in [-0.25, -0.2) is 0 Å². The lowest BCUT2D eigenvalue weighted by Crippen LogP contribution is -2.50. The van der Waals surface area contributed by atoms with Gasteiger partial charge in [-0.15, -0.1) is 0 Å². The number of β-amino-alcohol motifs (C(OH)–C–C–N with tert-alkyl or cyclic N) is 1. The fourth-order valence-electron chi connectivity index (χ4n) is 3.29. The molecule has 0 unspecified atom stereocenters. The van der Waals surface area contributed by atoms with Gasteiger partial charge in [0.2, 0.25) is 0 Å². The van der Waals surface area contributed by atoms with Crippen molar-refractivity contribution in [2.75, 3.05) is 39.8 Å². The summed E-state index contributed by atoms with van der Waals surface area (Å²) in [5.74, 6) is 0.950. The van der Waals surface area contributed by atoms with Gasteiger partial charge >= 0.3 is 0 Å². The first-order chi connectivity index (χ1) is 12.0. The molecular weight excluding hydrogens is 320 g/mol. The fourth-order valence-corrected chi connectivity index (χ4v) is 3.29. The van der Waals surface area contributed by atoms with Crippen LogP contribution in [0.25, 0.3) is 11.0 Å². The number of amides is 1. The molecule has 0 bridgehead atoms. The molecule has 6 nitrogen and oxygen atoms in total. The quantitative estimate of drug-likeness (QED) is 0.900. The average Bonchev–Trinajstić information content (AvgIpc) is 2.98. The maximum Gasteiger partial charge on any atom is 0.289 e. The molecule has 0 aliphatic carbocycles. The zero-order valence-electron chi connectivity index (χ0n) is 15.1. The van der Waals surface area contributed by atoms with Gasteiger partial charge < -0.3 is 19.2 Å². The summed E-state index contributed by atoms with van der Waals surface area (Å²) in [6, 6.07) is 5.67. The van der Waals surface area contributed by atoms with E-state index in [1.165, 1.54) is 0 Å². The van der Waals surface area contributed by atoms with Crippen LogP contribution in [0.15, 0.2) is 22.6 Å². The number of aliphatic hydroxyl groups is 1. The van der Waals surface area contributed by atoms with Crippen molar-refractivity contribution in [2.24, 2.45) is 0 Å². The molecule has 1 aliphatic rings. The van der Waals surface area contributed by atoms with Crippen LogP contribution in [0.3, 0.4) is 0 Å². The summed E-state index contributed by atoms with van der Waals surface area (Å²) < 4.78 is 11.2. The number of benzene rings is 1. The third-order valence-electron chi connectivity index (χ3n) is 4.94. The summed E-state index contributed by atoms with van der Waals surface area (Å²) in [5, 5.41) is 10.7. The fraction of sp³-hybridized carbons (Fsp3) is 0.526. The lowest BCUT2D eigenvalue weighted by atomic mass is 10.1. The molecule has 1 aromatic heterocycles. The predicted octanol–water partition coefficient (Wildman–Crippen LogP) is 2.28. The van der Waals surface area contributed by atoms with Crippen molar-refractivity contribution >= 4 is 16.9 Å². The highest BCUT2D eigenvalue weighted by Crippen LogP contribution is 2.32. The van der Waals surface area contributed by atoms with Crippen molar-refractivity contribution in [3.63, 3.8) is 0 Å². The van der Waals surface area contributed by atoms with E-state index in [1.54, 1.807) is 7.11 Å². The third kappa shape index (κ3) is 3.50. The molecule has 1 amide bonds. The summed E-state index contributed by atoms with van der Waals surface area (Å²) in [6.07, 6.45) is 0.450. The average molecular weight is 346 g/mol. The van der Waals surface area contributed by atoms with Crippen LogP contribution in [0, 0.1) is 6.92 Å². The molecule has 0 spiro atoms. The Morgan fingerprint density at radius 2 is 2.04 bits per heavy atom. The maximum absolute atomic E-state index is 12.9. The molecule has 1 atom stereocenters. The Kier molecular flexibility index (Phi) is 5.30. The second-order valence-electron chi connectivity index (χ2n) is 6.55. The smallest absolute Gasteiger partial charge is 0.289 e. The maximum atomic E-state index is 12.9. The lowest BCUT2D eigenvalue weighted by Gasteiger charge is -2.35. The molecule has 3 rings (SSSR count). The van der Waals surface area contributed by atoms with E-state index in [9.17, 15) is 9.90 Å². The second kappa shape index (κ2) is 7.45. The minimum atomic E-state index is -0.299. The number of carbonyl (C=O) groups excluding carboxylic acids is 1. The number of hydrogen-bond donors (Lipinski definition) is 1. The number of para-hydroxylation sites is 1. The minimum Gasteiger partial charge on any atom is -0.493 e. The SMILES string of the molecule is CC[C@@H](O)CN1CCN(C(=O)c2oc3c(OC)cccc3c2C)CC1. The second-order valence-corrected chi connectivity index (χ2v) is 6.55. The Hall–Kier alpha value is -2.05. The van der Waals surface area contributed by atoms with E-state index in [0.29, 0.717) is 36.7 Å². The molecule has 1 fully saturated rings. The minimum absolute atomic E-state index is 0.0774. The number of carbonyl (C=O) groups is 1. The van der Waals surface area contributed by atoms with Crippen molar-refractivity contribution in [1.82, 2.24) is 9.80 Å². The molecule has 1 aromatic carbocycles. The highest BCUT2D eigenvalue weighted by molar-refractivity contribution is 6.00. The van der Waals surface area contributed by atoms with Crippen LogP contribution < -0.4 is 4.74 Å². The van der Waals surface area contributed by atoms with E-state index in [4.69, 9.17) is 9.15 Å².